The van der Waals surface area contributed by atoms with Crippen LogP contribution in [0.25, 0.3) is 0 Å². The molecule has 6 heteroatoms. The van der Waals surface area contributed by atoms with Gasteiger partial charge in [-0.3, -0.25) is 9.59 Å². The number of benzene rings is 3. The molecule has 0 saturated carbocycles. The number of amides is 2. The van der Waals surface area contributed by atoms with Gasteiger partial charge >= 0.3 is 0 Å². The topological polar surface area (TPSA) is 71.5 Å². The Bertz CT molecular complexity index is 1310. The molecule has 3 aromatic carbocycles. The first kappa shape index (κ1) is 22.9. The van der Waals surface area contributed by atoms with Crippen molar-refractivity contribution < 1.29 is 18.0 Å². The maximum atomic E-state index is 13.5. The van der Waals surface area contributed by atoms with E-state index in [0.29, 0.717) is 11.1 Å². The summed E-state index contributed by atoms with van der Waals surface area (Å²) in [7, 11) is -3.85. The second-order valence-electron chi connectivity index (χ2n) is 8.68. The largest absolute Gasteiger partial charge is 0.268 e. The van der Waals surface area contributed by atoms with E-state index in [1.165, 1.54) is 12.1 Å². The third kappa shape index (κ3) is 3.89. The smallest absolute Gasteiger partial charge is 0.266 e. The zero-order valence-corrected chi connectivity index (χ0v) is 19.9. The van der Waals surface area contributed by atoms with Gasteiger partial charge in [-0.15, -0.1) is 0 Å². The molecule has 0 bridgehead atoms. The third-order valence-electron chi connectivity index (χ3n) is 6.60. The molecule has 1 heterocycles. The molecule has 2 amide bonds. The lowest BCUT2D eigenvalue weighted by Gasteiger charge is -2.29. The fraction of sp³-hybridized carbons (Fsp3) is 0.259. The normalized spacial score (nSPS) is 15.4. The van der Waals surface area contributed by atoms with E-state index in [9.17, 15) is 18.0 Å². The number of hydrogen-bond acceptors (Lipinski definition) is 4. The van der Waals surface area contributed by atoms with Crippen LogP contribution in [0, 0.1) is 0 Å². The van der Waals surface area contributed by atoms with Crippen molar-refractivity contribution in [3.05, 3.63) is 89.5 Å². The van der Waals surface area contributed by atoms with Crippen LogP contribution in [0.5, 0.6) is 0 Å². The summed E-state index contributed by atoms with van der Waals surface area (Å²) in [6.07, 6.45) is 2.87. The van der Waals surface area contributed by atoms with Gasteiger partial charge in [0, 0.05) is 0 Å². The van der Waals surface area contributed by atoms with Crippen molar-refractivity contribution in [2.75, 3.05) is 4.90 Å². The Hall–Kier alpha value is -3.25. The van der Waals surface area contributed by atoms with E-state index in [2.05, 4.69) is 20.8 Å². The minimum atomic E-state index is -3.85. The van der Waals surface area contributed by atoms with Gasteiger partial charge in [0.05, 0.1) is 26.6 Å². The number of carbonyl (C=O) groups excluding carboxylic acids is 2. The van der Waals surface area contributed by atoms with Crippen LogP contribution in [0.1, 0.15) is 66.3 Å². The molecule has 0 saturated heterocycles. The number of rotatable bonds is 7. The number of fused-ring (bicyclic) bond motifs is 1. The van der Waals surface area contributed by atoms with Gasteiger partial charge in [-0.05, 0) is 66.3 Å². The zero-order chi connectivity index (χ0) is 23.8. The lowest BCUT2D eigenvalue weighted by molar-refractivity contribution is 0.0926. The maximum absolute atomic E-state index is 13.5. The van der Waals surface area contributed by atoms with E-state index >= 15 is 0 Å². The van der Waals surface area contributed by atoms with Crippen LogP contribution in [0.2, 0.25) is 0 Å². The standard InChI is InChI=1S/C27H27NO4S/c1-4-16-27(3,5-2)19-10-8-12-21(17-19)33(31,32)22-13-9-11-20(18-22)28-25(29)23-14-6-7-15-24(23)26(28)30/h6-15,17-18H,4-5,16H2,1-3H3. The molecule has 1 atom stereocenters. The van der Waals surface area contributed by atoms with Gasteiger partial charge in [0.2, 0.25) is 9.84 Å². The van der Waals surface area contributed by atoms with Crippen LogP contribution in [0.15, 0.2) is 82.6 Å². The molecule has 0 fully saturated rings. The van der Waals surface area contributed by atoms with Gasteiger partial charge < -0.3 is 0 Å². The van der Waals surface area contributed by atoms with Crippen LogP contribution in [-0.4, -0.2) is 20.2 Å². The lowest BCUT2D eigenvalue weighted by Crippen LogP contribution is -2.29. The maximum Gasteiger partial charge on any atom is 0.266 e. The molecule has 0 N–H and O–H groups in total. The Labute approximate surface area is 195 Å². The Kier molecular flexibility index (Phi) is 5.97. The van der Waals surface area contributed by atoms with E-state index in [4.69, 9.17) is 0 Å². The minimum absolute atomic E-state index is 0.0439. The molecule has 33 heavy (non-hydrogen) atoms. The van der Waals surface area contributed by atoms with Gasteiger partial charge in [0.1, 0.15) is 0 Å². The first-order chi connectivity index (χ1) is 15.7. The summed E-state index contributed by atoms with van der Waals surface area (Å²) < 4.78 is 27.0. The first-order valence-corrected chi connectivity index (χ1v) is 12.6. The Morgan fingerprint density at radius 1 is 0.788 bits per heavy atom. The Balaban J connectivity index is 1.73. The molecule has 0 aliphatic carbocycles. The fourth-order valence-electron chi connectivity index (χ4n) is 4.47. The average Bonchev–Trinajstić information content (AvgIpc) is 3.09. The quantitative estimate of drug-likeness (QED) is 0.418. The third-order valence-corrected chi connectivity index (χ3v) is 8.35. The predicted octanol–water partition coefficient (Wildman–Crippen LogP) is 5.79. The van der Waals surface area contributed by atoms with Crippen molar-refractivity contribution in [2.45, 2.75) is 55.2 Å². The van der Waals surface area contributed by atoms with Crippen LogP contribution in [0.4, 0.5) is 5.69 Å². The molecule has 1 unspecified atom stereocenters. The van der Waals surface area contributed by atoms with Crippen molar-refractivity contribution in [3.8, 4) is 0 Å². The highest BCUT2D eigenvalue weighted by Crippen LogP contribution is 2.35. The number of hydrogen-bond donors (Lipinski definition) is 0. The van der Waals surface area contributed by atoms with Crippen molar-refractivity contribution in [3.63, 3.8) is 0 Å². The van der Waals surface area contributed by atoms with E-state index in [1.54, 1.807) is 54.6 Å². The van der Waals surface area contributed by atoms with E-state index in [-0.39, 0.29) is 20.9 Å². The second kappa shape index (κ2) is 8.60. The zero-order valence-electron chi connectivity index (χ0n) is 19.0. The van der Waals surface area contributed by atoms with Gasteiger partial charge in [-0.1, -0.05) is 57.5 Å². The molecule has 0 aromatic heterocycles. The van der Waals surface area contributed by atoms with Crippen LogP contribution in [0.3, 0.4) is 0 Å². The molecule has 5 nitrogen and oxygen atoms in total. The van der Waals surface area contributed by atoms with Crippen molar-refractivity contribution in [1.82, 2.24) is 0 Å². The number of nitrogens with zero attached hydrogens (tertiary/aromatic N) is 1. The van der Waals surface area contributed by atoms with Crippen LogP contribution < -0.4 is 4.90 Å². The lowest BCUT2D eigenvalue weighted by atomic mass is 9.76. The minimum Gasteiger partial charge on any atom is -0.268 e. The summed E-state index contributed by atoms with van der Waals surface area (Å²) in [5.74, 6) is -0.907. The van der Waals surface area contributed by atoms with E-state index in [0.717, 1.165) is 29.7 Å². The number of imide groups is 1. The first-order valence-electron chi connectivity index (χ1n) is 11.2. The van der Waals surface area contributed by atoms with Gasteiger partial charge in [-0.25, -0.2) is 13.3 Å². The number of sulfone groups is 1. The number of anilines is 1. The van der Waals surface area contributed by atoms with Crippen molar-refractivity contribution in [2.24, 2.45) is 0 Å². The summed E-state index contributed by atoms with van der Waals surface area (Å²) in [4.78, 5) is 27.0. The average molecular weight is 462 g/mol. The predicted molar refractivity (Wildman–Crippen MR) is 128 cm³/mol. The van der Waals surface area contributed by atoms with Crippen molar-refractivity contribution in [1.29, 1.82) is 0 Å². The molecule has 1 aliphatic rings. The summed E-state index contributed by atoms with van der Waals surface area (Å²) >= 11 is 0. The molecule has 3 aromatic rings. The molecule has 0 spiro atoms. The molecule has 4 rings (SSSR count). The Morgan fingerprint density at radius 3 is 1.94 bits per heavy atom. The van der Waals surface area contributed by atoms with Crippen molar-refractivity contribution >= 4 is 27.3 Å². The van der Waals surface area contributed by atoms with Gasteiger partial charge in [0.25, 0.3) is 11.8 Å². The molecule has 170 valence electrons. The van der Waals surface area contributed by atoms with Gasteiger partial charge in [0.15, 0.2) is 0 Å². The monoisotopic (exact) mass is 461 g/mol. The fourth-order valence-corrected chi connectivity index (χ4v) is 5.81. The summed E-state index contributed by atoms with van der Waals surface area (Å²) in [6, 6.07) is 19.7. The molecule has 1 aliphatic heterocycles. The second-order valence-corrected chi connectivity index (χ2v) is 10.6. The number of carbonyl (C=O) groups is 2. The highest BCUT2D eigenvalue weighted by atomic mass is 32.2. The van der Waals surface area contributed by atoms with Gasteiger partial charge in [-0.2, -0.15) is 0 Å². The SMILES string of the molecule is CCCC(C)(CC)c1cccc(S(=O)(=O)c2cccc(N3C(=O)c4ccccc4C3=O)c2)c1. The van der Waals surface area contributed by atoms with Crippen LogP contribution >= 0.6 is 0 Å². The molecule has 0 radical (unpaired) electrons. The summed E-state index contributed by atoms with van der Waals surface area (Å²) in [5.41, 5.74) is 1.76. The highest BCUT2D eigenvalue weighted by Gasteiger charge is 2.36. The molecular weight excluding hydrogens is 434 g/mol. The van der Waals surface area contributed by atoms with E-state index < -0.39 is 21.7 Å². The summed E-state index contributed by atoms with van der Waals surface area (Å²) in [6.45, 7) is 6.40. The summed E-state index contributed by atoms with van der Waals surface area (Å²) in [5, 5.41) is 0. The molecular formula is C27H27NO4S. The Morgan fingerprint density at radius 2 is 1.36 bits per heavy atom. The van der Waals surface area contributed by atoms with Crippen LogP contribution in [-0.2, 0) is 15.3 Å². The highest BCUT2D eigenvalue weighted by molar-refractivity contribution is 7.91. The van der Waals surface area contributed by atoms with E-state index in [1.807, 2.05) is 6.07 Å².